The Bertz CT molecular complexity index is 1290. The maximum absolute atomic E-state index is 13.6. The van der Waals surface area contributed by atoms with Gasteiger partial charge in [0.15, 0.2) is 0 Å². The van der Waals surface area contributed by atoms with Crippen LogP contribution in [0, 0.1) is 5.82 Å². The number of hydrogen-bond acceptors (Lipinski definition) is 7. The molecule has 0 aliphatic carbocycles. The van der Waals surface area contributed by atoms with Crippen LogP contribution in [0.25, 0.3) is 10.2 Å². The second-order valence-electron chi connectivity index (χ2n) is 9.47. The number of carbonyl (C=O) groups excluding carboxylic acids is 1. The van der Waals surface area contributed by atoms with Crippen molar-refractivity contribution in [2.45, 2.75) is 45.3 Å². The largest absolute Gasteiger partial charge is 0.377 e. The molecular formula is C27H31ClFN5O2S. The molecule has 1 fully saturated rings. The molecular weight excluding hydrogens is 513 g/mol. The van der Waals surface area contributed by atoms with E-state index >= 15 is 0 Å². The Balaban J connectivity index is 1.25. The quantitative estimate of drug-likeness (QED) is 0.356. The number of hydrogen-bond donors (Lipinski definition) is 1. The van der Waals surface area contributed by atoms with Crippen LogP contribution in [0.3, 0.4) is 0 Å². The van der Waals surface area contributed by atoms with Crippen LogP contribution in [-0.4, -0.2) is 64.6 Å². The number of amides is 1. The van der Waals surface area contributed by atoms with Gasteiger partial charge >= 0.3 is 0 Å². The predicted molar refractivity (Wildman–Crippen MR) is 146 cm³/mol. The van der Waals surface area contributed by atoms with Crippen LogP contribution >= 0.6 is 22.9 Å². The highest BCUT2D eigenvalue weighted by Crippen LogP contribution is 2.38. The molecule has 1 atom stereocenters. The van der Waals surface area contributed by atoms with Crippen molar-refractivity contribution in [1.29, 1.82) is 0 Å². The lowest BCUT2D eigenvalue weighted by molar-refractivity contribution is -0.126. The number of aromatic nitrogens is 2. The summed E-state index contributed by atoms with van der Waals surface area (Å²) in [6.45, 7) is 6.88. The first-order chi connectivity index (χ1) is 18.0. The average molecular weight is 544 g/mol. The van der Waals surface area contributed by atoms with Crippen molar-refractivity contribution in [3.8, 4) is 0 Å². The summed E-state index contributed by atoms with van der Waals surface area (Å²) in [5, 5.41) is 4.26. The Hall–Kier alpha value is -2.59. The number of rotatable bonds is 9. The highest BCUT2D eigenvalue weighted by molar-refractivity contribution is 7.19. The number of ether oxygens (including phenoxy) is 1. The summed E-state index contributed by atoms with van der Waals surface area (Å²) in [4.78, 5) is 28.1. The van der Waals surface area contributed by atoms with E-state index in [4.69, 9.17) is 16.3 Å². The van der Waals surface area contributed by atoms with Gasteiger partial charge in [0.1, 0.15) is 22.8 Å². The molecule has 2 aliphatic heterocycles. The highest BCUT2D eigenvalue weighted by atomic mass is 35.5. The number of halogens is 2. The Labute approximate surface area is 225 Å². The summed E-state index contributed by atoms with van der Waals surface area (Å²) < 4.78 is 19.4. The summed E-state index contributed by atoms with van der Waals surface area (Å²) in [6, 6.07) is 4.50. The van der Waals surface area contributed by atoms with Crippen LogP contribution in [0.2, 0.25) is 5.02 Å². The maximum Gasteiger partial charge on any atom is 0.246 e. The SMILES string of the molecule is CCCN(C/C=C/C(=O)N1CCc2c(sc3ncnc(Nc4ccc(F)c(Cl)c4)c23)C1)CC1CCCO1. The van der Waals surface area contributed by atoms with E-state index in [1.54, 1.807) is 29.5 Å². The second-order valence-corrected chi connectivity index (χ2v) is 11.0. The van der Waals surface area contributed by atoms with E-state index in [0.717, 1.165) is 72.6 Å². The van der Waals surface area contributed by atoms with Gasteiger partial charge in [0.25, 0.3) is 0 Å². The third-order valence-corrected chi connectivity index (χ3v) is 8.20. The summed E-state index contributed by atoms with van der Waals surface area (Å²) in [6.07, 6.45) is 9.57. The molecule has 3 aromatic rings. The van der Waals surface area contributed by atoms with Crippen LogP contribution in [0.5, 0.6) is 0 Å². The fourth-order valence-electron chi connectivity index (χ4n) is 4.98. The van der Waals surface area contributed by atoms with E-state index < -0.39 is 5.82 Å². The van der Waals surface area contributed by atoms with E-state index in [1.807, 2.05) is 11.0 Å². The molecule has 2 aliphatic rings. The maximum atomic E-state index is 13.6. The van der Waals surface area contributed by atoms with Crippen molar-refractivity contribution in [2.24, 2.45) is 0 Å². The van der Waals surface area contributed by atoms with Gasteiger partial charge < -0.3 is 15.0 Å². The fourth-order valence-corrected chi connectivity index (χ4v) is 6.36. The zero-order valence-corrected chi connectivity index (χ0v) is 22.5. The molecule has 1 saturated heterocycles. The molecule has 1 aromatic carbocycles. The standard InChI is InChI=1S/C27H31ClFN5O2S/c1-2-10-33(15-19-5-4-13-36-19)11-3-6-24(35)34-12-9-20-23(16-34)37-27-25(20)26(30-17-31-27)32-18-7-8-22(29)21(28)14-18/h3,6-8,14,17,19H,2,4-5,9-13,15-16H2,1H3,(H,30,31,32)/b6-3+. The second kappa shape index (κ2) is 11.9. The number of benzene rings is 1. The normalized spacial score (nSPS) is 17.7. The van der Waals surface area contributed by atoms with Crippen LogP contribution in [-0.2, 0) is 22.5 Å². The molecule has 0 radical (unpaired) electrons. The topological polar surface area (TPSA) is 70.6 Å². The fraction of sp³-hybridized carbons (Fsp3) is 0.444. The smallest absolute Gasteiger partial charge is 0.246 e. The third kappa shape index (κ3) is 6.12. The third-order valence-electron chi connectivity index (χ3n) is 6.78. The van der Waals surface area contributed by atoms with Gasteiger partial charge in [-0.05, 0) is 56.0 Å². The first-order valence-electron chi connectivity index (χ1n) is 12.8. The molecule has 7 nitrogen and oxygen atoms in total. The van der Waals surface area contributed by atoms with Crippen molar-refractivity contribution < 1.29 is 13.9 Å². The number of fused-ring (bicyclic) bond motifs is 3. The minimum atomic E-state index is -0.465. The van der Waals surface area contributed by atoms with Gasteiger partial charge in [0, 0.05) is 42.9 Å². The van der Waals surface area contributed by atoms with E-state index in [9.17, 15) is 9.18 Å². The minimum Gasteiger partial charge on any atom is -0.377 e. The molecule has 1 N–H and O–H groups in total. The number of nitrogens with one attached hydrogen (secondary N) is 1. The molecule has 0 bridgehead atoms. The summed E-state index contributed by atoms with van der Waals surface area (Å²) in [7, 11) is 0. The van der Waals surface area contributed by atoms with Crippen LogP contribution < -0.4 is 5.32 Å². The van der Waals surface area contributed by atoms with Crippen LogP contribution in [0.1, 0.15) is 36.6 Å². The van der Waals surface area contributed by atoms with Gasteiger partial charge in [-0.3, -0.25) is 9.69 Å². The Morgan fingerprint density at radius 3 is 3.08 bits per heavy atom. The van der Waals surface area contributed by atoms with Gasteiger partial charge in [-0.15, -0.1) is 11.3 Å². The number of thiophene rings is 1. The number of nitrogens with zero attached hydrogens (tertiary/aromatic N) is 4. The molecule has 1 amide bonds. The van der Waals surface area contributed by atoms with E-state index in [1.165, 1.54) is 12.4 Å². The molecule has 0 saturated carbocycles. The molecule has 196 valence electrons. The lowest BCUT2D eigenvalue weighted by atomic mass is 10.0. The zero-order chi connectivity index (χ0) is 25.8. The average Bonchev–Trinajstić information content (AvgIpc) is 3.53. The zero-order valence-electron chi connectivity index (χ0n) is 20.9. The van der Waals surface area contributed by atoms with E-state index in [0.29, 0.717) is 30.7 Å². The van der Waals surface area contributed by atoms with Crippen LogP contribution in [0.15, 0.2) is 36.7 Å². The Morgan fingerprint density at radius 2 is 2.30 bits per heavy atom. The van der Waals surface area contributed by atoms with Gasteiger partial charge in [0.05, 0.1) is 23.1 Å². The van der Waals surface area contributed by atoms with Crippen LogP contribution in [0.4, 0.5) is 15.9 Å². The Kier molecular flexibility index (Phi) is 8.34. The molecule has 10 heteroatoms. The first-order valence-corrected chi connectivity index (χ1v) is 14.0. The van der Waals surface area contributed by atoms with Crippen molar-refractivity contribution in [2.75, 3.05) is 38.1 Å². The molecule has 37 heavy (non-hydrogen) atoms. The summed E-state index contributed by atoms with van der Waals surface area (Å²) in [5.41, 5.74) is 1.82. The Morgan fingerprint density at radius 1 is 1.41 bits per heavy atom. The van der Waals surface area contributed by atoms with Gasteiger partial charge in [0.2, 0.25) is 5.91 Å². The summed E-state index contributed by atoms with van der Waals surface area (Å²) >= 11 is 7.54. The lowest BCUT2D eigenvalue weighted by Gasteiger charge is -2.26. The highest BCUT2D eigenvalue weighted by Gasteiger charge is 2.26. The van der Waals surface area contributed by atoms with Crippen molar-refractivity contribution in [1.82, 2.24) is 19.8 Å². The predicted octanol–water partition coefficient (Wildman–Crippen LogP) is 5.56. The molecule has 4 heterocycles. The molecule has 0 spiro atoms. The van der Waals surface area contributed by atoms with Crippen molar-refractivity contribution in [3.63, 3.8) is 0 Å². The monoisotopic (exact) mass is 543 g/mol. The van der Waals surface area contributed by atoms with Crippen molar-refractivity contribution in [3.05, 3.63) is 58.0 Å². The molecule has 1 unspecified atom stereocenters. The lowest BCUT2D eigenvalue weighted by Crippen LogP contribution is -2.35. The van der Waals surface area contributed by atoms with Gasteiger partial charge in [-0.1, -0.05) is 24.6 Å². The summed E-state index contributed by atoms with van der Waals surface area (Å²) in [5.74, 6) is 0.224. The number of carbonyl (C=O) groups is 1. The molecule has 5 rings (SSSR count). The van der Waals surface area contributed by atoms with Gasteiger partial charge in [-0.2, -0.15) is 0 Å². The number of anilines is 2. The van der Waals surface area contributed by atoms with Gasteiger partial charge in [-0.25, -0.2) is 14.4 Å². The first kappa shape index (κ1) is 26.0. The van der Waals surface area contributed by atoms with E-state index in [2.05, 4.69) is 27.1 Å². The van der Waals surface area contributed by atoms with E-state index in [-0.39, 0.29) is 10.9 Å². The molecule has 2 aromatic heterocycles. The minimum absolute atomic E-state index is 0.0297. The van der Waals surface area contributed by atoms with Crippen molar-refractivity contribution >= 4 is 50.6 Å².